The molecule has 25 heavy (non-hydrogen) atoms. The van der Waals surface area contributed by atoms with Crippen molar-refractivity contribution in [1.82, 2.24) is 29.9 Å². The van der Waals surface area contributed by atoms with Gasteiger partial charge in [0.25, 0.3) is 0 Å². The molecule has 0 bridgehead atoms. The highest BCUT2D eigenvalue weighted by Gasteiger charge is 2.16. The first-order chi connectivity index (χ1) is 12.0. The number of furan rings is 1. The largest absolute Gasteiger partial charge is 0.461 e. The van der Waals surface area contributed by atoms with Crippen LogP contribution in [0.2, 0.25) is 0 Å². The van der Waals surface area contributed by atoms with E-state index in [4.69, 9.17) is 4.42 Å². The van der Waals surface area contributed by atoms with E-state index in [0.29, 0.717) is 35.0 Å². The molecule has 128 valence electrons. The van der Waals surface area contributed by atoms with Gasteiger partial charge in [0.05, 0.1) is 36.5 Å². The fourth-order valence-electron chi connectivity index (χ4n) is 2.49. The van der Waals surface area contributed by atoms with E-state index in [2.05, 4.69) is 30.6 Å². The maximum absolute atomic E-state index is 9.90. The van der Waals surface area contributed by atoms with Crippen LogP contribution in [0, 0.1) is 0 Å². The summed E-state index contributed by atoms with van der Waals surface area (Å²) in [6.07, 6.45) is 6.68. The molecule has 0 aliphatic carbocycles. The quantitative estimate of drug-likeness (QED) is 0.510. The average molecular weight is 339 g/mol. The average Bonchev–Trinajstić information content (AvgIpc) is 3.26. The van der Waals surface area contributed by atoms with Crippen LogP contribution in [0.5, 0.6) is 0 Å². The Balaban J connectivity index is 1.68. The Labute approximate surface area is 142 Å². The van der Waals surface area contributed by atoms with Crippen LogP contribution in [0.1, 0.15) is 13.8 Å². The van der Waals surface area contributed by atoms with Gasteiger partial charge in [0.1, 0.15) is 11.0 Å². The Morgan fingerprint density at radius 1 is 1.32 bits per heavy atom. The van der Waals surface area contributed by atoms with E-state index in [1.54, 1.807) is 55.5 Å². The normalized spacial score (nSPS) is 12.0. The zero-order valence-electron chi connectivity index (χ0n) is 13.8. The lowest BCUT2D eigenvalue weighted by atomic mass is 10.1. The SMILES string of the molecule is CC(C)(O)Cn1cc(Nc2nc(-c3ccco3)nc3cn[nH]c23)cn1. The summed E-state index contributed by atoms with van der Waals surface area (Å²) in [5, 5.41) is 24.3. The number of hydrogen-bond donors (Lipinski definition) is 3. The zero-order chi connectivity index (χ0) is 17.4. The van der Waals surface area contributed by atoms with Crippen molar-refractivity contribution in [2.75, 3.05) is 5.32 Å². The third-order valence-corrected chi connectivity index (χ3v) is 3.49. The third kappa shape index (κ3) is 3.22. The van der Waals surface area contributed by atoms with Gasteiger partial charge in [-0.3, -0.25) is 9.78 Å². The molecule has 0 spiro atoms. The number of fused-ring (bicyclic) bond motifs is 1. The van der Waals surface area contributed by atoms with Gasteiger partial charge in [0.15, 0.2) is 17.4 Å². The number of nitrogens with zero attached hydrogens (tertiary/aromatic N) is 5. The number of aromatic nitrogens is 6. The Hall–Kier alpha value is -3.20. The van der Waals surface area contributed by atoms with Gasteiger partial charge in [0.2, 0.25) is 0 Å². The van der Waals surface area contributed by atoms with Gasteiger partial charge in [0, 0.05) is 6.20 Å². The number of nitrogens with one attached hydrogen (secondary N) is 2. The molecule has 0 saturated heterocycles. The number of hydrogen-bond acceptors (Lipinski definition) is 7. The van der Waals surface area contributed by atoms with Crippen molar-refractivity contribution in [2.45, 2.75) is 26.0 Å². The van der Waals surface area contributed by atoms with E-state index >= 15 is 0 Å². The minimum Gasteiger partial charge on any atom is -0.461 e. The molecule has 4 rings (SSSR count). The van der Waals surface area contributed by atoms with Crippen LogP contribution in [-0.4, -0.2) is 40.7 Å². The van der Waals surface area contributed by atoms with Gasteiger partial charge >= 0.3 is 0 Å². The van der Waals surface area contributed by atoms with Crippen molar-refractivity contribution in [3.63, 3.8) is 0 Å². The van der Waals surface area contributed by atoms with Crippen LogP contribution in [0.25, 0.3) is 22.6 Å². The summed E-state index contributed by atoms with van der Waals surface area (Å²) < 4.78 is 7.05. The van der Waals surface area contributed by atoms with Crippen LogP contribution in [0.3, 0.4) is 0 Å². The van der Waals surface area contributed by atoms with E-state index in [9.17, 15) is 5.11 Å². The minimum absolute atomic E-state index is 0.384. The monoisotopic (exact) mass is 339 g/mol. The molecular formula is C16H17N7O2. The van der Waals surface area contributed by atoms with Gasteiger partial charge in [-0.1, -0.05) is 0 Å². The maximum Gasteiger partial charge on any atom is 0.198 e. The number of anilines is 2. The Morgan fingerprint density at radius 2 is 2.20 bits per heavy atom. The summed E-state index contributed by atoms with van der Waals surface area (Å²) in [5.74, 6) is 1.60. The second-order valence-corrected chi connectivity index (χ2v) is 6.37. The van der Waals surface area contributed by atoms with Gasteiger partial charge < -0.3 is 14.8 Å². The molecule has 9 heteroatoms. The van der Waals surface area contributed by atoms with Crippen LogP contribution in [0.15, 0.2) is 41.4 Å². The topological polar surface area (TPSA) is 118 Å². The summed E-state index contributed by atoms with van der Waals surface area (Å²) in [7, 11) is 0. The second-order valence-electron chi connectivity index (χ2n) is 6.37. The number of aromatic amines is 1. The summed E-state index contributed by atoms with van der Waals surface area (Å²) in [4.78, 5) is 8.96. The van der Waals surface area contributed by atoms with Crippen molar-refractivity contribution in [2.24, 2.45) is 0 Å². The lowest BCUT2D eigenvalue weighted by molar-refractivity contribution is 0.0578. The number of aliphatic hydroxyl groups is 1. The fraction of sp³-hybridized carbons (Fsp3) is 0.250. The van der Waals surface area contributed by atoms with Crippen LogP contribution >= 0.6 is 0 Å². The molecule has 9 nitrogen and oxygen atoms in total. The summed E-state index contributed by atoms with van der Waals surface area (Å²) >= 11 is 0. The van der Waals surface area contributed by atoms with Gasteiger partial charge in [-0.15, -0.1) is 0 Å². The Kier molecular flexibility index (Phi) is 3.50. The fourth-order valence-corrected chi connectivity index (χ4v) is 2.49. The Morgan fingerprint density at radius 3 is 2.96 bits per heavy atom. The lowest BCUT2D eigenvalue weighted by Gasteiger charge is -2.16. The minimum atomic E-state index is -0.846. The zero-order valence-corrected chi connectivity index (χ0v) is 13.8. The van der Waals surface area contributed by atoms with Gasteiger partial charge in [-0.05, 0) is 26.0 Å². The molecule has 0 aliphatic heterocycles. The first-order valence-electron chi connectivity index (χ1n) is 7.75. The summed E-state index contributed by atoms with van der Waals surface area (Å²) in [6.45, 7) is 3.85. The number of rotatable bonds is 5. The molecular weight excluding hydrogens is 322 g/mol. The molecule has 0 atom stereocenters. The van der Waals surface area contributed by atoms with Crippen LogP contribution in [-0.2, 0) is 6.54 Å². The summed E-state index contributed by atoms with van der Waals surface area (Å²) in [6, 6.07) is 3.58. The molecule has 4 heterocycles. The van der Waals surface area contributed by atoms with E-state index in [-0.39, 0.29) is 0 Å². The molecule has 0 fully saturated rings. The van der Waals surface area contributed by atoms with Crippen molar-refractivity contribution in [1.29, 1.82) is 0 Å². The molecule has 0 aliphatic rings. The maximum atomic E-state index is 9.90. The van der Waals surface area contributed by atoms with Crippen LogP contribution < -0.4 is 5.32 Å². The second kappa shape index (κ2) is 5.71. The molecule has 0 radical (unpaired) electrons. The van der Waals surface area contributed by atoms with E-state index in [1.807, 2.05) is 0 Å². The van der Waals surface area contributed by atoms with Gasteiger partial charge in [-0.25, -0.2) is 9.97 Å². The highest BCUT2D eigenvalue weighted by Crippen LogP contribution is 2.26. The standard InChI is InChI=1S/C16H17N7O2/c1-16(2,24)9-23-8-10(6-18-23)19-15-13-11(7-17-22-13)20-14(21-15)12-4-3-5-25-12/h3-8,24H,9H2,1-2H3,(H,17,22)(H,19,20,21). The highest BCUT2D eigenvalue weighted by atomic mass is 16.3. The van der Waals surface area contributed by atoms with Crippen LogP contribution in [0.4, 0.5) is 11.5 Å². The van der Waals surface area contributed by atoms with Crippen molar-refractivity contribution in [3.05, 3.63) is 37.0 Å². The van der Waals surface area contributed by atoms with E-state index in [0.717, 1.165) is 5.69 Å². The van der Waals surface area contributed by atoms with Crippen molar-refractivity contribution in [3.8, 4) is 11.6 Å². The predicted molar refractivity (Wildman–Crippen MR) is 91.2 cm³/mol. The molecule has 4 aromatic heterocycles. The van der Waals surface area contributed by atoms with E-state index in [1.165, 1.54) is 0 Å². The molecule has 4 aromatic rings. The molecule has 3 N–H and O–H groups in total. The molecule has 0 aromatic carbocycles. The first kappa shape index (κ1) is 15.3. The lowest BCUT2D eigenvalue weighted by Crippen LogP contribution is -2.26. The smallest absolute Gasteiger partial charge is 0.198 e. The Bertz CT molecular complexity index is 995. The third-order valence-electron chi connectivity index (χ3n) is 3.49. The van der Waals surface area contributed by atoms with Crippen molar-refractivity contribution < 1.29 is 9.52 Å². The predicted octanol–water partition coefficient (Wildman–Crippen LogP) is 2.32. The highest BCUT2D eigenvalue weighted by molar-refractivity contribution is 5.88. The number of H-pyrrole nitrogens is 1. The van der Waals surface area contributed by atoms with E-state index < -0.39 is 5.60 Å². The summed E-state index contributed by atoms with van der Waals surface area (Å²) in [5.41, 5.74) is 1.25. The van der Waals surface area contributed by atoms with Gasteiger partial charge in [-0.2, -0.15) is 10.2 Å². The first-order valence-corrected chi connectivity index (χ1v) is 7.75. The molecule has 0 saturated carbocycles. The van der Waals surface area contributed by atoms with Crippen molar-refractivity contribution >= 4 is 22.5 Å². The molecule has 0 unspecified atom stereocenters. The molecule has 0 amide bonds.